The summed E-state index contributed by atoms with van der Waals surface area (Å²) in [4.78, 5) is 19.2. The van der Waals surface area contributed by atoms with Crippen molar-refractivity contribution in [3.05, 3.63) is 83.7 Å². The van der Waals surface area contributed by atoms with E-state index in [1.807, 2.05) is 18.2 Å². The number of benzene rings is 2. The number of nitriles is 1. The van der Waals surface area contributed by atoms with Crippen LogP contribution < -0.4 is 10.2 Å². The molecule has 0 saturated carbocycles. The van der Waals surface area contributed by atoms with Crippen LogP contribution in [0.1, 0.15) is 28.4 Å². The lowest BCUT2D eigenvalue weighted by Crippen LogP contribution is -2.24. The standard InChI is InChI=1S/C22H18N4O/c1-15-9-17-6-2-3-8-21(17)26(15)20-11-18(13-24-14-20)22(27)25-19-7-4-5-16(10-19)12-23/h2-8,10-11,13-15H,9H2,1H3,(H,25,27). The summed E-state index contributed by atoms with van der Waals surface area (Å²) in [5.74, 6) is -0.250. The van der Waals surface area contributed by atoms with E-state index in [0.717, 1.165) is 17.8 Å². The minimum atomic E-state index is -0.250. The Morgan fingerprint density at radius 2 is 2.04 bits per heavy atom. The van der Waals surface area contributed by atoms with Gasteiger partial charge in [-0.25, -0.2) is 0 Å². The van der Waals surface area contributed by atoms with Crippen LogP contribution in [0.25, 0.3) is 0 Å². The van der Waals surface area contributed by atoms with E-state index in [9.17, 15) is 4.79 Å². The van der Waals surface area contributed by atoms with Crippen LogP contribution in [0.5, 0.6) is 0 Å². The zero-order chi connectivity index (χ0) is 18.8. The summed E-state index contributed by atoms with van der Waals surface area (Å²) >= 11 is 0. The van der Waals surface area contributed by atoms with E-state index in [-0.39, 0.29) is 5.91 Å². The predicted molar refractivity (Wildman–Crippen MR) is 105 cm³/mol. The van der Waals surface area contributed by atoms with Gasteiger partial charge in [0.25, 0.3) is 5.91 Å². The van der Waals surface area contributed by atoms with Crippen LogP contribution in [0.3, 0.4) is 0 Å². The molecular weight excluding hydrogens is 336 g/mol. The average molecular weight is 354 g/mol. The van der Waals surface area contributed by atoms with E-state index in [2.05, 4.69) is 40.3 Å². The minimum Gasteiger partial charge on any atom is -0.337 e. The molecule has 1 aromatic heterocycles. The molecule has 0 bridgehead atoms. The van der Waals surface area contributed by atoms with Crippen LogP contribution in [-0.4, -0.2) is 16.9 Å². The number of nitrogens with zero attached hydrogens (tertiary/aromatic N) is 3. The van der Waals surface area contributed by atoms with Gasteiger partial charge in [0.2, 0.25) is 0 Å². The van der Waals surface area contributed by atoms with Gasteiger partial charge in [-0.1, -0.05) is 24.3 Å². The fourth-order valence-corrected chi connectivity index (χ4v) is 3.51. The molecule has 0 radical (unpaired) electrons. The van der Waals surface area contributed by atoms with E-state index < -0.39 is 0 Å². The number of nitrogens with one attached hydrogen (secondary N) is 1. The van der Waals surface area contributed by atoms with Gasteiger partial charge < -0.3 is 10.2 Å². The quantitative estimate of drug-likeness (QED) is 0.762. The minimum absolute atomic E-state index is 0.250. The molecule has 3 aromatic rings. The molecule has 1 N–H and O–H groups in total. The first-order valence-corrected chi connectivity index (χ1v) is 8.79. The monoisotopic (exact) mass is 354 g/mol. The lowest BCUT2D eigenvalue weighted by molar-refractivity contribution is 0.102. The largest absolute Gasteiger partial charge is 0.337 e. The fraction of sp³-hybridized carbons (Fsp3) is 0.136. The topological polar surface area (TPSA) is 69.0 Å². The number of aromatic nitrogens is 1. The number of anilines is 3. The maximum absolute atomic E-state index is 12.7. The van der Waals surface area contributed by atoms with Gasteiger partial charge >= 0.3 is 0 Å². The molecule has 1 unspecified atom stereocenters. The van der Waals surface area contributed by atoms with Crippen molar-refractivity contribution >= 4 is 23.0 Å². The summed E-state index contributed by atoms with van der Waals surface area (Å²) in [6.45, 7) is 2.17. The molecule has 27 heavy (non-hydrogen) atoms. The van der Waals surface area contributed by atoms with Crippen LogP contribution in [0.2, 0.25) is 0 Å². The van der Waals surface area contributed by atoms with Gasteiger partial charge in [-0.3, -0.25) is 9.78 Å². The molecule has 0 saturated heterocycles. The van der Waals surface area contributed by atoms with Crippen molar-refractivity contribution in [3.63, 3.8) is 0 Å². The molecule has 4 rings (SSSR count). The number of hydrogen-bond donors (Lipinski definition) is 1. The second kappa shape index (κ2) is 6.93. The number of carbonyl (C=O) groups is 1. The van der Waals surface area contributed by atoms with Gasteiger partial charge in [-0.05, 0) is 49.2 Å². The molecule has 0 spiro atoms. The summed E-state index contributed by atoms with van der Waals surface area (Å²) < 4.78 is 0. The highest BCUT2D eigenvalue weighted by atomic mass is 16.1. The summed E-state index contributed by atoms with van der Waals surface area (Å²) in [6.07, 6.45) is 4.30. The third-order valence-corrected chi connectivity index (χ3v) is 4.72. The highest BCUT2D eigenvalue weighted by molar-refractivity contribution is 6.04. The molecule has 1 atom stereocenters. The summed E-state index contributed by atoms with van der Waals surface area (Å²) in [6, 6.07) is 19.4. The van der Waals surface area contributed by atoms with E-state index in [1.165, 1.54) is 5.56 Å². The van der Waals surface area contributed by atoms with Gasteiger partial charge in [-0.2, -0.15) is 5.26 Å². The Morgan fingerprint density at radius 3 is 2.89 bits per heavy atom. The number of para-hydroxylation sites is 1. The van der Waals surface area contributed by atoms with Gasteiger partial charge in [0.05, 0.1) is 29.1 Å². The molecule has 132 valence electrons. The third-order valence-electron chi connectivity index (χ3n) is 4.72. The Morgan fingerprint density at radius 1 is 1.19 bits per heavy atom. The maximum Gasteiger partial charge on any atom is 0.257 e. The van der Waals surface area contributed by atoms with Gasteiger partial charge in [0, 0.05) is 23.6 Å². The van der Waals surface area contributed by atoms with Crippen molar-refractivity contribution in [1.29, 1.82) is 5.26 Å². The Balaban J connectivity index is 1.61. The average Bonchev–Trinajstić information content (AvgIpc) is 3.04. The van der Waals surface area contributed by atoms with Gasteiger partial charge in [0.15, 0.2) is 0 Å². The lowest BCUT2D eigenvalue weighted by Gasteiger charge is -2.25. The number of pyridine rings is 1. The van der Waals surface area contributed by atoms with Crippen LogP contribution >= 0.6 is 0 Å². The number of rotatable bonds is 3. The zero-order valence-corrected chi connectivity index (χ0v) is 14.9. The molecule has 2 heterocycles. The van der Waals surface area contributed by atoms with Crippen molar-refractivity contribution in [3.8, 4) is 6.07 Å². The SMILES string of the molecule is CC1Cc2ccccc2N1c1cncc(C(=O)Nc2cccc(C#N)c2)c1. The van der Waals surface area contributed by atoms with Crippen molar-refractivity contribution in [2.24, 2.45) is 0 Å². The second-order valence-electron chi connectivity index (χ2n) is 6.63. The Labute approximate surface area is 157 Å². The highest BCUT2D eigenvalue weighted by Gasteiger charge is 2.27. The fourth-order valence-electron chi connectivity index (χ4n) is 3.51. The smallest absolute Gasteiger partial charge is 0.257 e. The maximum atomic E-state index is 12.7. The predicted octanol–water partition coefficient (Wildman–Crippen LogP) is 4.29. The van der Waals surface area contributed by atoms with Gasteiger partial charge in [0.1, 0.15) is 0 Å². The van der Waals surface area contributed by atoms with Crippen LogP contribution in [0, 0.1) is 11.3 Å². The molecule has 0 aliphatic carbocycles. The van der Waals surface area contributed by atoms with Crippen LogP contribution in [0.4, 0.5) is 17.1 Å². The molecule has 1 aliphatic rings. The molecule has 0 fully saturated rings. The normalized spacial score (nSPS) is 15.1. The van der Waals surface area contributed by atoms with Crippen molar-refractivity contribution in [2.75, 3.05) is 10.2 Å². The van der Waals surface area contributed by atoms with Crippen molar-refractivity contribution < 1.29 is 4.79 Å². The van der Waals surface area contributed by atoms with E-state index >= 15 is 0 Å². The zero-order valence-electron chi connectivity index (χ0n) is 14.9. The van der Waals surface area contributed by atoms with Crippen LogP contribution in [-0.2, 0) is 6.42 Å². The molecular formula is C22H18N4O. The van der Waals surface area contributed by atoms with E-state index in [1.54, 1.807) is 36.7 Å². The van der Waals surface area contributed by atoms with Crippen LogP contribution in [0.15, 0.2) is 67.0 Å². The number of hydrogen-bond acceptors (Lipinski definition) is 4. The first-order chi connectivity index (χ1) is 13.2. The van der Waals surface area contributed by atoms with Crippen molar-refractivity contribution in [2.45, 2.75) is 19.4 Å². The molecule has 5 nitrogen and oxygen atoms in total. The van der Waals surface area contributed by atoms with E-state index in [0.29, 0.717) is 22.9 Å². The van der Waals surface area contributed by atoms with E-state index in [4.69, 9.17) is 5.26 Å². The summed E-state index contributed by atoms with van der Waals surface area (Å²) in [7, 11) is 0. The number of fused-ring (bicyclic) bond motifs is 1. The van der Waals surface area contributed by atoms with Crippen molar-refractivity contribution in [1.82, 2.24) is 4.98 Å². The first kappa shape index (κ1) is 16.8. The number of carbonyl (C=O) groups excluding carboxylic acids is 1. The second-order valence-corrected chi connectivity index (χ2v) is 6.63. The molecule has 5 heteroatoms. The Bertz CT molecular complexity index is 1050. The van der Waals surface area contributed by atoms with Gasteiger partial charge in [-0.15, -0.1) is 0 Å². The lowest BCUT2D eigenvalue weighted by atomic mass is 10.1. The highest BCUT2D eigenvalue weighted by Crippen LogP contribution is 2.37. The Hall–Kier alpha value is -3.65. The number of amides is 1. The summed E-state index contributed by atoms with van der Waals surface area (Å²) in [5.41, 5.74) is 4.92. The Kier molecular flexibility index (Phi) is 4.31. The molecule has 2 aromatic carbocycles. The molecule has 1 amide bonds. The molecule has 1 aliphatic heterocycles. The third kappa shape index (κ3) is 3.25. The first-order valence-electron chi connectivity index (χ1n) is 8.79. The summed E-state index contributed by atoms with van der Waals surface area (Å²) in [5, 5.41) is 11.8.